The van der Waals surface area contributed by atoms with Crippen molar-refractivity contribution in [2.24, 2.45) is 5.73 Å². The van der Waals surface area contributed by atoms with E-state index in [-0.39, 0.29) is 5.56 Å². The van der Waals surface area contributed by atoms with Crippen LogP contribution < -0.4 is 5.73 Å². The fourth-order valence-corrected chi connectivity index (χ4v) is 3.49. The van der Waals surface area contributed by atoms with Gasteiger partial charge < -0.3 is 5.73 Å². The number of alkyl halides is 2. The van der Waals surface area contributed by atoms with Gasteiger partial charge in [0.15, 0.2) is 0 Å². The van der Waals surface area contributed by atoms with Crippen LogP contribution in [0.4, 0.5) is 8.78 Å². The highest BCUT2D eigenvalue weighted by molar-refractivity contribution is 7.65. The average molecular weight is 276 g/mol. The van der Waals surface area contributed by atoms with Gasteiger partial charge in [-0.25, -0.2) is 0 Å². The first-order valence-corrected chi connectivity index (χ1v) is 7.23. The number of benzene rings is 1. The van der Waals surface area contributed by atoms with Crippen molar-refractivity contribution in [2.75, 3.05) is 6.54 Å². The summed E-state index contributed by atoms with van der Waals surface area (Å²) in [6.45, 7) is -0.281. The molecule has 98 valence electrons. The minimum Gasteiger partial charge on any atom is -0.330 e. The summed E-state index contributed by atoms with van der Waals surface area (Å²) in [5.74, 6) is 0. The number of hydrogen-bond donors (Lipinski definition) is 1. The minimum atomic E-state index is -3.41. The minimum absolute atomic E-state index is 0.134. The summed E-state index contributed by atoms with van der Waals surface area (Å²) in [6, 6.07) is 6.13. The van der Waals surface area contributed by atoms with Crippen LogP contribution in [0.3, 0.4) is 0 Å². The molecule has 0 radical (unpaired) electrons. The Kier molecular flexibility index (Phi) is 2.88. The number of rotatable bonds is 5. The lowest BCUT2D eigenvalue weighted by molar-refractivity contribution is -0.350. The number of aryl methyl sites for hydroxylation is 1. The Hall–Kier alpha value is -0.650. The summed E-state index contributed by atoms with van der Waals surface area (Å²) in [5.41, 5.74) is 3.05. The third-order valence-corrected chi connectivity index (χ3v) is 5.28. The molecule has 2 bridgehead atoms. The van der Waals surface area contributed by atoms with Crippen LogP contribution in [0.2, 0.25) is 0 Å². The topological polar surface area (TPSA) is 53.7 Å². The van der Waals surface area contributed by atoms with Gasteiger partial charge in [0.1, 0.15) is 0 Å². The van der Waals surface area contributed by atoms with Crippen LogP contribution in [0.1, 0.15) is 17.5 Å². The predicted octanol–water partition coefficient (Wildman–Crippen LogP) is 2.75. The first-order chi connectivity index (χ1) is 8.57. The summed E-state index contributed by atoms with van der Waals surface area (Å²) in [6.07, 6.45) is 1.62. The highest BCUT2D eigenvalue weighted by Gasteiger charge is 2.91. The van der Waals surface area contributed by atoms with Gasteiger partial charge in [0.05, 0.1) is 5.56 Å². The van der Waals surface area contributed by atoms with Crippen LogP contribution in [0.15, 0.2) is 24.3 Å². The zero-order valence-corrected chi connectivity index (χ0v) is 10.4. The molecule has 0 atom stereocenters. The molecular formula is C11H13F2NO3P+. The molecule has 2 N–H and O–H groups in total. The largest absolute Gasteiger partial charge is 0.509 e. The van der Waals surface area contributed by atoms with Gasteiger partial charge in [-0.2, -0.15) is 8.78 Å². The second-order valence-corrected chi connectivity index (χ2v) is 6.42. The van der Waals surface area contributed by atoms with Crippen molar-refractivity contribution < 1.29 is 22.4 Å². The van der Waals surface area contributed by atoms with Crippen molar-refractivity contribution in [3.8, 4) is 0 Å². The zero-order chi connectivity index (χ0) is 12.8. The van der Waals surface area contributed by atoms with Gasteiger partial charge in [0.25, 0.3) is 0 Å². The van der Waals surface area contributed by atoms with E-state index in [1.54, 1.807) is 12.1 Å². The molecule has 4 nitrogen and oxygen atoms in total. The number of halogens is 2. The van der Waals surface area contributed by atoms with Crippen molar-refractivity contribution in [2.45, 2.75) is 25.0 Å². The summed E-state index contributed by atoms with van der Waals surface area (Å²) in [4.78, 5) is 0. The highest BCUT2D eigenvalue weighted by atomic mass is 31.2. The number of nitrogens with two attached hydrogens (primary N) is 1. The van der Waals surface area contributed by atoms with Crippen LogP contribution in [0.25, 0.3) is 0 Å². The van der Waals surface area contributed by atoms with Crippen molar-refractivity contribution >= 4 is 7.94 Å². The standard InChI is InChI=1S/C11H13F2NO3P/c12-11(13,18-15-10(16-18)17-18)9-5-3-8(4-6-9)2-1-7-14/h3-6,10H,1-2,7,14H2/q+1. The summed E-state index contributed by atoms with van der Waals surface area (Å²) >= 11 is 0. The second kappa shape index (κ2) is 4.18. The lowest BCUT2D eigenvalue weighted by Crippen LogP contribution is -2.52. The molecule has 3 fully saturated rings. The molecule has 3 heterocycles. The van der Waals surface area contributed by atoms with Crippen molar-refractivity contribution in [3.05, 3.63) is 35.4 Å². The third kappa shape index (κ3) is 1.68. The Labute approximate surface area is 104 Å². The van der Waals surface area contributed by atoms with E-state index in [2.05, 4.69) is 0 Å². The van der Waals surface area contributed by atoms with Gasteiger partial charge in [-0.15, -0.1) is 13.6 Å². The molecule has 1 aromatic rings. The maximum atomic E-state index is 14.1. The molecule has 0 aromatic heterocycles. The van der Waals surface area contributed by atoms with E-state index in [4.69, 9.17) is 19.3 Å². The van der Waals surface area contributed by atoms with Crippen molar-refractivity contribution in [3.63, 3.8) is 0 Å². The molecule has 0 spiro atoms. The van der Waals surface area contributed by atoms with E-state index < -0.39 is 20.1 Å². The second-order valence-electron chi connectivity index (χ2n) is 4.23. The lowest BCUT2D eigenvalue weighted by Gasteiger charge is -2.45. The quantitative estimate of drug-likeness (QED) is 0.840. The fourth-order valence-electron chi connectivity index (χ4n) is 1.90. The zero-order valence-electron chi connectivity index (χ0n) is 9.51. The van der Waals surface area contributed by atoms with Crippen LogP contribution in [0, 0.1) is 0 Å². The van der Waals surface area contributed by atoms with Crippen LogP contribution in [-0.4, -0.2) is 13.0 Å². The Balaban J connectivity index is 1.75. The predicted molar refractivity (Wildman–Crippen MR) is 61.7 cm³/mol. The summed E-state index contributed by atoms with van der Waals surface area (Å²) in [7, 11) is -3.41. The molecule has 7 heteroatoms. The van der Waals surface area contributed by atoms with Gasteiger partial charge in [0.2, 0.25) is 0 Å². The monoisotopic (exact) mass is 276 g/mol. The number of hydrogen-bond acceptors (Lipinski definition) is 4. The molecule has 1 aromatic carbocycles. The molecule has 0 amide bonds. The molecule has 4 rings (SSSR count). The maximum absolute atomic E-state index is 14.1. The van der Waals surface area contributed by atoms with Crippen LogP contribution in [-0.2, 0) is 25.7 Å². The molecular weight excluding hydrogens is 263 g/mol. The van der Waals surface area contributed by atoms with Crippen LogP contribution >= 0.6 is 7.94 Å². The lowest BCUT2D eigenvalue weighted by atomic mass is 10.1. The first-order valence-electron chi connectivity index (χ1n) is 5.69. The average Bonchev–Trinajstić information content (AvgIpc) is 2.22. The molecule has 0 aliphatic carbocycles. The summed E-state index contributed by atoms with van der Waals surface area (Å²) in [5, 5.41) is 0. The van der Waals surface area contributed by atoms with E-state index in [1.165, 1.54) is 12.1 Å². The Bertz CT molecular complexity index is 437. The van der Waals surface area contributed by atoms with Crippen molar-refractivity contribution in [1.82, 2.24) is 0 Å². The molecule has 18 heavy (non-hydrogen) atoms. The van der Waals surface area contributed by atoms with Gasteiger partial charge >= 0.3 is 20.1 Å². The highest BCUT2D eigenvalue weighted by Crippen LogP contribution is 2.92. The summed E-state index contributed by atoms with van der Waals surface area (Å²) < 4.78 is 42.6. The Morgan fingerprint density at radius 1 is 1.17 bits per heavy atom. The molecule has 0 unspecified atom stereocenters. The van der Waals surface area contributed by atoms with Gasteiger partial charge in [-0.05, 0) is 37.1 Å². The smallest absolute Gasteiger partial charge is 0.330 e. The van der Waals surface area contributed by atoms with Gasteiger partial charge in [-0.1, -0.05) is 12.1 Å². The van der Waals surface area contributed by atoms with E-state index >= 15 is 0 Å². The maximum Gasteiger partial charge on any atom is 0.509 e. The van der Waals surface area contributed by atoms with Gasteiger partial charge in [-0.3, -0.25) is 0 Å². The first kappa shape index (κ1) is 12.4. The van der Waals surface area contributed by atoms with Crippen LogP contribution in [0.5, 0.6) is 0 Å². The van der Waals surface area contributed by atoms with E-state index in [9.17, 15) is 8.78 Å². The van der Waals surface area contributed by atoms with E-state index in [0.717, 1.165) is 18.4 Å². The van der Waals surface area contributed by atoms with E-state index in [0.29, 0.717) is 6.54 Å². The molecule has 3 aliphatic heterocycles. The third-order valence-electron chi connectivity index (χ3n) is 2.99. The molecule has 0 saturated carbocycles. The molecule has 3 aliphatic rings. The molecule has 3 saturated heterocycles. The SMILES string of the molecule is NCCCc1ccc(C(F)(F)[P+]23OC(O2)O3)cc1. The van der Waals surface area contributed by atoms with Crippen molar-refractivity contribution in [1.29, 1.82) is 0 Å². The fraction of sp³-hybridized carbons (Fsp3) is 0.455. The van der Waals surface area contributed by atoms with Gasteiger partial charge in [0, 0.05) is 0 Å². The normalized spacial score (nSPS) is 29.6. The Morgan fingerprint density at radius 3 is 2.22 bits per heavy atom. The Morgan fingerprint density at radius 2 is 1.78 bits per heavy atom. The van der Waals surface area contributed by atoms with E-state index in [1.807, 2.05) is 0 Å².